The lowest BCUT2D eigenvalue weighted by Gasteiger charge is -2.08. The van der Waals surface area contributed by atoms with E-state index >= 15 is 0 Å². The second-order valence-corrected chi connectivity index (χ2v) is 13.7. The molecule has 8 aromatic rings. The molecule has 56 heavy (non-hydrogen) atoms. The van der Waals surface area contributed by atoms with Crippen LogP contribution in [0.1, 0.15) is 20.7 Å². The number of carbonyl (C=O) groups excluding carboxylic acids is 2. The highest BCUT2D eigenvalue weighted by atomic mass is 79.9. The highest BCUT2D eigenvalue weighted by Crippen LogP contribution is 2.32. The quantitative estimate of drug-likeness (QED) is 0.112. The number of carbonyl (C=O) groups is 2. The van der Waals surface area contributed by atoms with Crippen LogP contribution in [-0.2, 0) is 0 Å². The van der Waals surface area contributed by atoms with Crippen LogP contribution in [0.5, 0.6) is 0 Å². The monoisotopic (exact) mass is 844 g/mol. The zero-order chi connectivity index (χ0) is 39.0. The minimum absolute atomic E-state index is 0.0872. The Morgan fingerprint density at radius 3 is 1.66 bits per heavy atom. The van der Waals surface area contributed by atoms with Gasteiger partial charge < -0.3 is 20.6 Å². The Kier molecular flexibility index (Phi) is 11.7. The number of aromatic nitrogens is 6. The SMILES string of the molecule is O=C(Nc1ccc(Cl)c(-c2ncc(-c3ccccc3)[nH]2)c1)c1ccnc(Br)c1.O=C(Nc1ccc(Cl)c(-c2ncc(-c3ccccc3)[nH]2)c1)c1ccncc1F. The average Bonchev–Trinajstić information content (AvgIpc) is 3.92. The number of H-pyrrole nitrogens is 2. The number of hydrogen-bond donors (Lipinski definition) is 4. The predicted octanol–water partition coefficient (Wildman–Crippen LogP) is 11.0. The van der Waals surface area contributed by atoms with E-state index in [1.54, 1.807) is 67.1 Å². The molecule has 0 aliphatic heterocycles. The van der Waals surface area contributed by atoms with Gasteiger partial charge >= 0.3 is 0 Å². The summed E-state index contributed by atoms with van der Waals surface area (Å²) in [4.78, 5) is 47.8. The molecule has 0 aliphatic rings. The maximum atomic E-state index is 13.8. The minimum Gasteiger partial charge on any atom is -0.338 e. The molecule has 10 nitrogen and oxygen atoms in total. The average molecular weight is 847 g/mol. The normalized spacial score (nSPS) is 10.6. The van der Waals surface area contributed by atoms with Crippen LogP contribution in [-0.4, -0.2) is 41.7 Å². The number of aromatic amines is 2. The van der Waals surface area contributed by atoms with Crippen molar-refractivity contribution < 1.29 is 14.0 Å². The number of amides is 2. The lowest BCUT2D eigenvalue weighted by molar-refractivity contribution is 0.101. The summed E-state index contributed by atoms with van der Waals surface area (Å²) < 4.78 is 14.4. The molecule has 276 valence electrons. The Morgan fingerprint density at radius 1 is 0.607 bits per heavy atom. The van der Waals surface area contributed by atoms with E-state index in [0.29, 0.717) is 54.4 Å². The van der Waals surface area contributed by atoms with Crippen LogP contribution >= 0.6 is 39.1 Å². The van der Waals surface area contributed by atoms with Crippen molar-refractivity contribution in [3.8, 4) is 45.3 Å². The third-order valence-electron chi connectivity index (χ3n) is 8.29. The zero-order valence-corrected chi connectivity index (χ0v) is 32.1. The minimum atomic E-state index is -0.687. The topological polar surface area (TPSA) is 141 Å². The van der Waals surface area contributed by atoms with Crippen molar-refractivity contribution in [3.63, 3.8) is 0 Å². The number of anilines is 2. The maximum absolute atomic E-state index is 13.8. The molecule has 0 saturated carbocycles. The summed E-state index contributed by atoms with van der Waals surface area (Å²) in [6.07, 6.45) is 7.41. The van der Waals surface area contributed by atoms with Gasteiger partial charge in [-0.1, -0.05) is 83.9 Å². The van der Waals surface area contributed by atoms with Gasteiger partial charge in [-0.25, -0.2) is 19.3 Å². The second kappa shape index (κ2) is 17.3. The number of nitrogens with zero attached hydrogens (tertiary/aromatic N) is 4. The van der Waals surface area contributed by atoms with Gasteiger partial charge in [0.15, 0.2) is 5.82 Å². The molecule has 4 heterocycles. The Balaban J connectivity index is 0.000000172. The fourth-order valence-electron chi connectivity index (χ4n) is 5.52. The van der Waals surface area contributed by atoms with E-state index in [9.17, 15) is 14.0 Å². The molecule has 0 bridgehead atoms. The van der Waals surface area contributed by atoms with E-state index < -0.39 is 11.7 Å². The van der Waals surface area contributed by atoms with Crippen LogP contribution in [0.25, 0.3) is 45.3 Å². The van der Waals surface area contributed by atoms with E-state index in [1.165, 1.54) is 12.3 Å². The first-order valence-electron chi connectivity index (χ1n) is 16.9. The molecule has 0 atom stereocenters. The number of imidazole rings is 2. The smallest absolute Gasteiger partial charge is 0.258 e. The Morgan fingerprint density at radius 2 is 1.14 bits per heavy atom. The molecule has 14 heteroatoms. The van der Waals surface area contributed by atoms with Crippen molar-refractivity contribution in [1.82, 2.24) is 29.9 Å². The number of rotatable bonds is 8. The number of benzene rings is 4. The van der Waals surface area contributed by atoms with E-state index in [2.05, 4.69) is 56.5 Å². The van der Waals surface area contributed by atoms with Gasteiger partial charge in [0, 0.05) is 40.5 Å². The van der Waals surface area contributed by atoms with Gasteiger partial charge in [-0.3, -0.25) is 14.6 Å². The summed E-state index contributed by atoms with van der Waals surface area (Å²) in [5.41, 5.74) is 6.60. The fourth-order valence-corrected chi connectivity index (χ4v) is 6.30. The van der Waals surface area contributed by atoms with Gasteiger partial charge in [-0.2, -0.15) is 0 Å². The molecule has 2 amide bonds. The largest absolute Gasteiger partial charge is 0.338 e. The summed E-state index contributed by atoms with van der Waals surface area (Å²) in [5.74, 6) is -0.298. The molecule has 0 saturated heterocycles. The number of pyridine rings is 2. The van der Waals surface area contributed by atoms with Crippen LogP contribution in [0.2, 0.25) is 10.0 Å². The van der Waals surface area contributed by atoms with Crippen molar-refractivity contribution in [2.24, 2.45) is 0 Å². The Labute approximate surface area is 338 Å². The Bertz CT molecular complexity index is 2660. The molecule has 0 aliphatic carbocycles. The van der Waals surface area contributed by atoms with E-state index in [4.69, 9.17) is 23.2 Å². The second-order valence-electron chi connectivity index (χ2n) is 12.0. The van der Waals surface area contributed by atoms with Gasteiger partial charge in [0.2, 0.25) is 0 Å². The molecule has 8 rings (SSSR count). The molecule has 4 aromatic carbocycles. The number of hydrogen-bond acceptors (Lipinski definition) is 6. The van der Waals surface area contributed by atoms with Gasteiger partial charge in [-0.05, 0) is 81.7 Å². The third kappa shape index (κ3) is 9.07. The van der Waals surface area contributed by atoms with Gasteiger partial charge in [0.25, 0.3) is 11.8 Å². The summed E-state index contributed by atoms with van der Waals surface area (Å²) in [6.45, 7) is 0. The van der Waals surface area contributed by atoms with Crippen molar-refractivity contribution in [2.45, 2.75) is 0 Å². The molecular weight excluding hydrogens is 818 g/mol. The molecule has 0 radical (unpaired) electrons. The summed E-state index contributed by atoms with van der Waals surface area (Å²) in [5, 5.41) is 6.56. The van der Waals surface area contributed by atoms with Gasteiger partial charge in [0.05, 0.1) is 45.6 Å². The van der Waals surface area contributed by atoms with E-state index in [-0.39, 0.29) is 11.5 Å². The van der Waals surface area contributed by atoms with Crippen LogP contribution in [0.3, 0.4) is 0 Å². The van der Waals surface area contributed by atoms with Gasteiger partial charge in [-0.15, -0.1) is 0 Å². The van der Waals surface area contributed by atoms with Crippen LogP contribution < -0.4 is 10.6 Å². The van der Waals surface area contributed by atoms with Crippen molar-refractivity contribution in [2.75, 3.05) is 10.6 Å². The summed E-state index contributed by atoms with van der Waals surface area (Å²) >= 11 is 16.0. The van der Waals surface area contributed by atoms with Crippen molar-refractivity contribution >= 4 is 62.3 Å². The summed E-state index contributed by atoms with van der Waals surface area (Å²) in [7, 11) is 0. The first-order valence-corrected chi connectivity index (χ1v) is 18.4. The third-order valence-corrected chi connectivity index (χ3v) is 9.38. The Hall–Kier alpha value is -6.47. The molecule has 4 N–H and O–H groups in total. The van der Waals surface area contributed by atoms with E-state index in [0.717, 1.165) is 28.7 Å². The first kappa shape index (κ1) is 37.8. The van der Waals surface area contributed by atoms with Gasteiger partial charge in [0.1, 0.15) is 16.3 Å². The van der Waals surface area contributed by atoms with Crippen LogP contribution in [0, 0.1) is 5.82 Å². The lowest BCUT2D eigenvalue weighted by Crippen LogP contribution is -2.14. The molecule has 0 fully saturated rings. The highest BCUT2D eigenvalue weighted by molar-refractivity contribution is 9.10. The fraction of sp³-hybridized carbons (Fsp3) is 0. The number of halogens is 4. The number of nitrogens with one attached hydrogen (secondary N) is 4. The highest BCUT2D eigenvalue weighted by Gasteiger charge is 2.15. The van der Waals surface area contributed by atoms with Crippen molar-refractivity contribution in [1.29, 1.82) is 0 Å². The molecule has 0 unspecified atom stereocenters. The van der Waals surface area contributed by atoms with E-state index in [1.807, 2.05) is 60.7 Å². The predicted molar refractivity (Wildman–Crippen MR) is 221 cm³/mol. The van der Waals surface area contributed by atoms with Crippen LogP contribution in [0.4, 0.5) is 15.8 Å². The maximum Gasteiger partial charge on any atom is 0.258 e. The standard InChI is InChI=1S/C21H14BrClN4O.C21H14ClFN4O/c22-19-10-14(8-9-24-19)21(28)26-15-6-7-17(23)16(11-15)20-25-12-18(27-20)13-4-2-1-3-5-13;22-17-7-6-14(26-21(28)15-8-9-24-11-18(15)23)10-16(17)20-25-12-19(27-20)13-4-2-1-3-5-13/h2*1-12H,(H,25,27)(H,26,28). The summed E-state index contributed by atoms with van der Waals surface area (Å²) in [6, 6.07) is 34.6. The van der Waals surface area contributed by atoms with Crippen LogP contribution in [0.15, 0.2) is 151 Å². The molecule has 0 spiro atoms. The van der Waals surface area contributed by atoms with Crippen molar-refractivity contribution in [3.05, 3.63) is 178 Å². The molecular formula is C42H28BrCl2FN8O2. The first-order chi connectivity index (χ1) is 27.2. The lowest BCUT2D eigenvalue weighted by atomic mass is 10.1. The molecule has 4 aromatic heterocycles. The zero-order valence-electron chi connectivity index (χ0n) is 29.0.